The highest BCUT2D eigenvalue weighted by Gasteiger charge is 2.27. The Bertz CT molecular complexity index is 845. The van der Waals surface area contributed by atoms with Crippen molar-refractivity contribution in [1.29, 1.82) is 0 Å². The number of benzene rings is 2. The van der Waals surface area contributed by atoms with Crippen molar-refractivity contribution in [1.82, 2.24) is 5.32 Å². The molecular formula is C22H25ClN2O3. The molecule has 1 aliphatic rings. The Morgan fingerprint density at radius 1 is 1.11 bits per heavy atom. The van der Waals surface area contributed by atoms with Crippen LogP contribution in [0.5, 0.6) is 0 Å². The van der Waals surface area contributed by atoms with E-state index in [1.165, 1.54) is 18.6 Å². The van der Waals surface area contributed by atoms with Gasteiger partial charge in [-0.15, -0.1) is 0 Å². The number of halogens is 1. The molecule has 1 fully saturated rings. The number of rotatable bonds is 6. The molecular weight excluding hydrogens is 376 g/mol. The van der Waals surface area contributed by atoms with E-state index in [0.717, 1.165) is 42.7 Å². The molecule has 1 heterocycles. The smallest absolute Gasteiger partial charge is 0.335 e. The van der Waals surface area contributed by atoms with Gasteiger partial charge in [0.15, 0.2) is 0 Å². The molecule has 3 rings (SSSR count). The minimum Gasteiger partial charge on any atom is -0.478 e. The summed E-state index contributed by atoms with van der Waals surface area (Å²) in [6, 6.07) is 12.2. The van der Waals surface area contributed by atoms with Crippen molar-refractivity contribution in [2.75, 3.05) is 24.5 Å². The van der Waals surface area contributed by atoms with Crippen LogP contribution in [0.1, 0.15) is 53.6 Å². The van der Waals surface area contributed by atoms with Crippen LogP contribution < -0.4 is 10.2 Å². The molecule has 2 aromatic carbocycles. The van der Waals surface area contributed by atoms with Crippen molar-refractivity contribution in [3.8, 4) is 0 Å². The molecule has 1 atom stereocenters. The zero-order valence-corrected chi connectivity index (χ0v) is 16.7. The molecule has 1 unspecified atom stereocenters. The SMILES string of the molecule is CCNC(=O)C(c1ccc(C(=O)O)cc1)c1cc(Cl)ccc1N1CCCCC1. The number of aromatic carboxylic acids is 1. The third-order valence-corrected chi connectivity index (χ3v) is 5.34. The number of hydrogen-bond donors (Lipinski definition) is 2. The normalized spacial score (nSPS) is 15.1. The van der Waals surface area contributed by atoms with E-state index in [-0.39, 0.29) is 11.5 Å². The van der Waals surface area contributed by atoms with Gasteiger partial charge in [0.2, 0.25) is 5.91 Å². The molecule has 2 aromatic rings. The average molecular weight is 401 g/mol. The number of nitrogens with zero attached hydrogens (tertiary/aromatic N) is 1. The van der Waals surface area contributed by atoms with Crippen molar-refractivity contribution < 1.29 is 14.7 Å². The molecule has 6 heteroatoms. The standard InChI is InChI=1S/C22H25ClN2O3/c1-2-24-21(26)20(15-6-8-16(9-7-15)22(27)28)18-14-17(23)10-11-19(18)25-12-4-3-5-13-25/h6-11,14,20H,2-5,12-13H2,1H3,(H,24,26)(H,27,28). The van der Waals surface area contributed by atoms with Crippen LogP contribution in [0.15, 0.2) is 42.5 Å². The van der Waals surface area contributed by atoms with Crippen molar-refractivity contribution >= 4 is 29.2 Å². The van der Waals surface area contributed by atoms with Crippen molar-refractivity contribution in [2.24, 2.45) is 0 Å². The number of amides is 1. The first-order chi connectivity index (χ1) is 13.5. The Morgan fingerprint density at radius 2 is 1.79 bits per heavy atom. The van der Waals surface area contributed by atoms with E-state index in [4.69, 9.17) is 11.6 Å². The highest BCUT2D eigenvalue weighted by atomic mass is 35.5. The fraction of sp³-hybridized carbons (Fsp3) is 0.364. The molecule has 1 aliphatic heterocycles. The summed E-state index contributed by atoms with van der Waals surface area (Å²) < 4.78 is 0. The van der Waals surface area contributed by atoms with Gasteiger partial charge in [0.1, 0.15) is 0 Å². The maximum atomic E-state index is 13.0. The third kappa shape index (κ3) is 4.47. The van der Waals surface area contributed by atoms with Crippen LogP contribution in [0.4, 0.5) is 5.69 Å². The Labute approximate surface area is 170 Å². The summed E-state index contributed by atoms with van der Waals surface area (Å²) in [6.07, 6.45) is 3.47. The first-order valence-corrected chi connectivity index (χ1v) is 10.0. The zero-order valence-electron chi connectivity index (χ0n) is 16.0. The van der Waals surface area contributed by atoms with Gasteiger partial charge < -0.3 is 15.3 Å². The minimum absolute atomic E-state index is 0.119. The quantitative estimate of drug-likeness (QED) is 0.758. The number of carboxylic acids is 1. The summed E-state index contributed by atoms with van der Waals surface area (Å²) >= 11 is 6.31. The highest BCUT2D eigenvalue weighted by Crippen LogP contribution is 2.36. The molecule has 2 N–H and O–H groups in total. The number of anilines is 1. The highest BCUT2D eigenvalue weighted by molar-refractivity contribution is 6.30. The molecule has 0 spiro atoms. The topological polar surface area (TPSA) is 69.6 Å². The van der Waals surface area contributed by atoms with Gasteiger partial charge >= 0.3 is 5.97 Å². The van der Waals surface area contributed by atoms with E-state index in [2.05, 4.69) is 10.2 Å². The van der Waals surface area contributed by atoms with Gasteiger partial charge in [-0.05, 0) is 67.6 Å². The van der Waals surface area contributed by atoms with Gasteiger partial charge in [0.05, 0.1) is 11.5 Å². The fourth-order valence-electron chi connectivity index (χ4n) is 3.75. The molecule has 0 aromatic heterocycles. The molecule has 28 heavy (non-hydrogen) atoms. The Morgan fingerprint density at radius 3 is 2.39 bits per heavy atom. The maximum absolute atomic E-state index is 13.0. The molecule has 0 radical (unpaired) electrons. The predicted octanol–water partition coefficient (Wildman–Crippen LogP) is 4.30. The molecule has 0 bridgehead atoms. The van der Waals surface area contributed by atoms with Gasteiger partial charge in [0, 0.05) is 30.3 Å². The Hall–Kier alpha value is -2.53. The zero-order chi connectivity index (χ0) is 20.1. The summed E-state index contributed by atoms with van der Waals surface area (Å²) in [7, 11) is 0. The number of piperidine rings is 1. The minimum atomic E-state index is -0.988. The van der Waals surface area contributed by atoms with E-state index in [1.807, 2.05) is 25.1 Å². The third-order valence-electron chi connectivity index (χ3n) is 5.10. The number of hydrogen-bond acceptors (Lipinski definition) is 3. The van der Waals surface area contributed by atoms with E-state index in [1.54, 1.807) is 12.1 Å². The molecule has 148 valence electrons. The number of nitrogens with one attached hydrogen (secondary N) is 1. The van der Waals surface area contributed by atoms with E-state index >= 15 is 0 Å². The molecule has 0 aliphatic carbocycles. The average Bonchev–Trinajstić information content (AvgIpc) is 2.70. The maximum Gasteiger partial charge on any atom is 0.335 e. The van der Waals surface area contributed by atoms with Crippen LogP contribution in [0.2, 0.25) is 5.02 Å². The summed E-state index contributed by atoms with van der Waals surface area (Å²) in [6.45, 7) is 4.30. The second-order valence-corrected chi connectivity index (χ2v) is 7.44. The number of carboxylic acid groups (broad SMARTS) is 1. The lowest BCUT2D eigenvalue weighted by Gasteiger charge is -2.32. The van der Waals surface area contributed by atoms with Crippen LogP contribution in [0.25, 0.3) is 0 Å². The summed E-state index contributed by atoms with van der Waals surface area (Å²) in [5, 5.41) is 12.7. The van der Waals surface area contributed by atoms with Crippen molar-refractivity contribution in [3.05, 3.63) is 64.2 Å². The summed E-state index contributed by atoms with van der Waals surface area (Å²) in [4.78, 5) is 26.5. The fourth-order valence-corrected chi connectivity index (χ4v) is 3.93. The lowest BCUT2D eigenvalue weighted by molar-refractivity contribution is -0.121. The molecule has 0 saturated carbocycles. The van der Waals surface area contributed by atoms with Gasteiger partial charge in [-0.1, -0.05) is 23.7 Å². The molecule has 1 saturated heterocycles. The van der Waals surface area contributed by atoms with E-state index in [0.29, 0.717) is 11.6 Å². The monoisotopic (exact) mass is 400 g/mol. The Balaban J connectivity index is 2.08. The van der Waals surface area contributed by atoms with Crippen LogP contribution in [-0.4, -0.2) is 36.6 Å². The van der Waals surface area contributed by atoms with E-state index in [9.17, 15) is 14.7 Å². The summed E-state index contributed by atoms with van der Waals surface area (Å²) in [5.74, 6) is -1.66. The lowest BCUT2D eigenvalue weighted by atomic mass is 9.88. The second kappa shape index (κ2) is 9.11. The van der Waals surface area contributed by atoms with Crippen molar-refractivity contribution in [2.45, 2.75) is 32.1 Å². The molecule has 5 nitrogen and oxygen atoms in total. The van der Waals surface area contributed by atoms with Gasteiger partial charge in [-0.2, -0.15) is 0 Å². The second-order valence-electron chi connectivity index (χ2n) is 7.01. The first kappa shape index (κ1) is 20.2. The first-order valence-electron chi connectivity index (χ1n) is 9.66. The van der Waals surface area contributed by atoms with E-state index < -0.39 is 11.9 Å². The van der Waals surface area contributed by atoms with Crippen LogP contribution in [0, 0.1) is 0 Å². The van der Waals surface area contributed by atoms with Gasteiger partial charge in [-0.25, -0.2) is 4.79 Å². The predicted molar refractivity (Wildman–Crippen MR) is 111 cm³/mol. The summed E-state index contributed by atoms with van der Waals surface area (Å²) in [5.41, 5.74) is 2.81. The van der Waals surface area contributed by atoms with Crippen molar-refractivity contribution in [3.63, 3.8) is 0 Å². The van der Waals surface area contributed by atoms with Crippen LogP contribution in [-0.2, 0) is 4.79 Å². The number of carbonyl (C=O) groups is 2. The Kier molecular flexibility index (Phi) is 6.57. The van der Waals surface area contributed by atoms with Gasteiger partial charge in [0.25, 0.3) is 0 Å². The van der Waals surface area contributed by atoms with Crippen LogP contribution in [0.3, 0.4) is 0 Å². The van der Waals surface area contributed by atoms with Crippen LogP contribution >= 0.6 is 11.6 Å². The number of carbonyl (C=O) groups excluding carboxylic acids is 1. The molecule has 1 amide bonds. The number of likely N-dealkylation sites (N-methyl/N-ethyl adjacent to an activating group) is 1. The largest absolute Gasteiger partial charge is 0.478 e. The lowest BCUT2D eigenvalue weighted by Crippen LogP contribution is -2.34. The van der Waals surface area contributed by atoms with Gasteiger partial charge in [-0.3, -0.25) is 4.79 Å².